The van der Waals surface area contributed by atoms with Crippen molar-refractivity contribution in [3.05, 3.63) is 52.5 Å². The zero-order valence-electron chi connectivity index (χ0n) is 13.3. The second kappa shape index (κ2) is 8.35. The minimum absolute atomic E-state index is 0.0770. The second-order valence-corrected chi connectivity index (χ2v) is 5.89. The van der Waals surface area contributed by atoms with Crippen molar-refractivity contribution in [3.8, 4) is 11.5 Å². The van der Waals surface area contributed by atoms with Gasteiger partial charge in [-0.25, -0.2) is 5.43 Å². The number of phenolic OH excluding ortho intramolecular Hbond substituents is 1. The molecule has 2 aromatic carbocycles. The van der Waals surface area contributed by atoms with E-state index in [4.69, 9.17) is 4.74 Å². The average Bonchev–Trinajstić information content (AvgIpc) is 2.60. The first-order valence-corrected chi connectivity index (χ1v) is 7.99. The van der Waals surface area contributed by atoms with Gasteiger partial charge in [-0.3, -0.25) is 4.79 Å². The van der Waals surface area contributed by atoms with E-state index in [9.17, 15) is 9.90 Å². The zero-order valence-corrected chi connectivity index (χ0v) is 14.9. The van der Waals surface area contributed by atoms with Crippen LogP contribution in [0.15, 0.2) is 52.0 Å². The molecule has 0 aromatic heterocycles. The number of anilines is 1. The zero-order chi connectivity index (χ0) is 17.5. The summed E-state index contributed by atoms with van der Waals surface area (Å²) in [5.74, 6) is 0.559. The lowest BCUT2D eigenvalue weighted by atomic mass is 10.1. The molecule has 0 saturated heterocycles. The molecule has 6 nitrogen and oxygen atoms in total. The molecule has 0 aliphatic carbocycles. The molecule has 0 fully saturated rings. The Kier molecular flexibility index (Phi) is 6.20. The predicted octanol–water partition coefficient (Wildman–Crippen LogP) is 3.12. The molecular weight excluding hydrogens is 374 g/mol. The molecule has 0 spiro atoms. The highest BCUT2D eigenvalue weighted by Gasteiger charge is 2.06. The van der Waals surface area contributed by atoms with Gasteiger partial charge in [0.25, 0.3) is 5.91 Å². The molecule has 2 rings (SSSR count). The number of rotatable bonds is 6. The maximum atomic E-state index is 11.8. The molecule has 1 amide bonds. The number of carbonyl (C=O) groups excluding carboxylic acids is 1. The van der Waals surface area contributed by atoms with Gasteiger partial charge in [-0.05, 0) is 49.4 Å². The van der Waals surface area contributed by atoms with Crippen molar-refractivity contribution in [1.29, 1.82) is 0 Å². The standard InChI is InChI=1S/C17H18BrN3O3/c1-11(15-9-12(18)3-8-16(15)22)20-21-17(23)10-19-13-4-6-14(24-2)7-5-13/h3-9,19,22H,10H2,1-2H3,(H,21,23)/b20-11+. The first-order valence-electron chi connectivity index (χ1n) is 7.19. The summed E-state index contributed by atoms with van der Waals surface area (Å²) >= 11 is 3.33. The number of benzene rings is 2. The summed E-state index contributed by atoms with van der Waals surface area (Å²) in [4.78, 5) is 11.8. The molecule has 2 aromatic rings. The Hall–Kier alpha value is -2.54. The summed E-state index contributed by atoms with van der Waals surface area (Å²) in [6.07, 6.45) is 0. The van der Waals surface area contributed by atoms with Crippen LogP contribution in [0.4, 0.5) is 5.69 Å². The summed E-state index contributed by atoms with van der Waals surface area (Å²) < 4.78 is 5.89. The van der Waals surface area contributed by atoms with Crippen LogP contribution in [0, 0.1) is 0 Å². The second-order valence-electron chi connectivity index (χ2n) is 4.98. The predicted molar refractivity (Wildman–Crippen MR) is 97.6 cm³/mol. The number of hydrogen-bond donors (Lipinski definition) is 3. The van der Waals surface area contributed by atoms with Gasteiger partial charge in [0.1, 0.15) is 11.5 Å². The largest absolute Gasteiger partial charge is 0.507 e. The monoisotopic (exact) mass is 391 g/mol. The van der Waals surface area contributed by atoms with Gasteiger partial charge in [0, 0.05) is 15.7 Å². The first-order chi connectivity index (χ1) is 11.5. The molecule has 0 saturated carbocycles. The van der Waals surface area contributed by atoms with E-state index in [1.807, 2.05) is 12.1 Å². The van der Waals surface area contributed by atoms with Crippen molar-refractivity contribution in [3.63, 3.8) is 0 Å². The number of ether oxygens (including phenoxy) is 1. The molecule has 0 bridgehead atoms. The third-order valence-electron chi connectivity index (χ3n) is 3.24. The van der Waals surface area contributed by atoms with Crippen LogP contribution in [0.3, 0.4) is 0 Å². The molecule has 0 aliphatic heterocycles. The van der Waals surface area contributed by atoms with Gasteiger partial charge >= 0.3 is 0 Å². The number of halogens is 1. The van der Waals surface area contributed by atoms with Crippen molar-refractivity contribution in [2.75, 3.05) is 19.0 Å². The van der Waals surface area contributed by atoms with E-state index in [-0.39, 0.29) is 18.2 Å². The molecule has 3 N–H and O–H groups in total. The number of carbonyl (C=O) groups is 1. The van der Waals surface area contributed by atoms with E-state index in [1.165, 1.54) is 0 Å². The molecule has 0 radical (unpaired) electrons. The molecular formula is C17H18BrN3O3. The minimum atomic E-state index is -0.292. The summed E-state index contributed by atoms with van der Waals surface area (Å²) in [7, 11) is 1.60. The van der Waals surface area contributed by atoms with E-state index >= 15 is 0 Å². The summed E-state index contributed by atoms with van der Waals surface area (Å²) in [5, 5.41) is 16.8. The van der Waals surface area contributed by atoms with E-state index < -0.39 is 0 Å². The van der Waals surface area contributed by atoms with Crippen molar-refractivity contribution < 1.29 is 14.6 Å². The summed E-state index contributed by atoms with van der Waals surface area (Å²) in [6.45, 7) is 1.78. The lowest BCUT2D eigenvalue weighted by molar-refractivity contribution is -0.119. The number of hydrazone groups is 1. The fourth-order valence-electron chi connectivity index (χ4n) is 1.94. The van der Waals surface area contributed by atoms with E-state index in [0.29, 0.717) is 11.3 Å². The highest BCUT2D eigenvalue weighted by atomic mass is 79.9. The SMILES string of the molecule is COc1ccc(NCC(=O)N/N=C(\C)c2cc(Br)ccc2O)cc1. The number of nitrogens with one attached hydrogen (secondary N) is 2. The average molecular weight is 392 g/mol. The third kappa shape index (κ3) is 4.99. The van der Waals surface area contributed by atoms with Crippen molar-refractivity contribution >= 4 is 33.2 Å². The van der Waals surface area contributed by atoms with Gasteiger partial charge in [-0.1, -0.05) is 15.9 Å². The Bertz CT molecular complexity index is 745. The summed E-state index contributed by atoms with van der Waals surface area (Å²) in [6, 6.07) is 12.3. The maximum Gasteiger partial charge on any atom is 0.259 e. The Labute approximate surface area is 148 Å². The van der Waals surface area contributed by atoms with Crippen LogP contribution in [0.1, 0.15) is 12.5 Å². The smallest absolute Gasteiger partial charge is 0.259 e. The highest BCUT2D eigenvalue weighted by Crippen LogP contribution is 2.22. The van der Waals surface area contributed by atoms with Gasteiger partial charge in [-0.2, -0.15) is 5.10 Å². The Balaban J connectivity index is 1.90. The van der Waals surface area contributed by atoms with Gasteiger partial charge < -0.3 is 15.2 Å². The van der Waals surface area contributed by atoms with Crippen LogP contribution in [-0.4, -0.2) is 30.4 Å². The van der Waals surface area contributed by atoms with Crippen LogP contribution >= 0.6 is 15.9 Å². The fourth-order valence-corrected chi connectivity index (χ4v) is 2.30. The van der Waals surface area contributed by atoms with E-state index in [2.05, 4.69) is 31.8 Å². The number of phenols is 1. The molecule has 126 valence electrons. The normalized spacial score (nSPS) is 11.0. The van der Waals surface area contributed by atoms with Gasteiger partial charge in [0.15, 0.2) is 0 Å². The number of methoxy groups -OCH3 is 1. The molecule has 0 atom stereocenters. The lowest BCUT2D eigenvalue weighted by Crippen LogP contribution is -2.26. The fraction of sp³-hybridized carbons (Fsp3) is 0.176. The summed E-state index contributed by atoms with van der Waals surface area (Å²) in [5.41, 5.74) is 4.31. The minimum Gasteiger partial charge on any atom is -0.507 e. The van der Waals surface area contributed by atoms with Crippen molar-refractivity contribution in [1.82, 2.24) is 5.43 Å². The van der Waals surface area contributed by atoms with Gasteiger partial charge in [-0.15, -0.1) is 0 Å². The Morgan fingerprint density at radius 3 is 2.62 bits per heavy atom. The number of aromatic hydroxyl groups is 1. The maximum absolute atomic E-state index is 11.8. The quantitative estimate of drug-likeness (QED) is 0.521. The van der Waals surface area contributed by atoms with Crippen LogP contribution in [0.5, 0.6) is 11.5 Å². The van der Waals surface area contributed by atoms with Crippen LogP contribution < -0.4 is 15.5 Å². The molecule has 0 aliphatic rings. The third-order valence-corrected chi connectivity index (χ3v) is 3.73. The van der Waals surface area contributed by atoms with E-state index in [1.54, 1.807) is 44.4 Å². The highest BCUT2D eigenvalue weighted by molar-refractivity contribution is 9.10. The van der Waals surface area contributed by atoms with Gasteiger partial charge in [0.2, 0.25) is 0 Å². The van der Waals surface area contributed by atoms with Crippen LogP contribution in [-0.2, 0) is 4.79 Å². The number of hydrogen-bond acceptors (Lipinski definition) is 5. The van der Waals surface area contributed by atoms with E-state index in [0.717, 1.165) is 15.9 Å². The van der Waals surface area contributed by atoms with Crippen molar-refractivity contribution in [2.24, 2.45) is 5.10 Å². The van der Waals surface area contributed by atoms with Crippen LogP contribution in [0.2, 0.25) is 0 Å². The molecule has 7 heteroatoms. The number of nitrogens with zero attached hydrogens (tertiary/aromatic N) is 1. The Morgan fingerprint density at radius 2 is 1.96 bits per heavy atom. The molecule has 0 unspecified atom stereocenters. The van der Waals surface area contributed by atoms with Gasteiger partial charge in [0.05, 0.1) is 19.4 Å². The van der Waals surface area contributed by atoms with Crippen molar-refractivity contribution in [2.45, 2.75) is 6.92 Å². The molecule has 24 heavy (non-hydrogen) atoms. The first kappa shape index (κ1) is 17.8. The molecule has 0 heterocycles. The topological polar surface area (TPSA) is 83.0 Å². The van der Waals surface area contributed by atoms with Crippen LogP contribution in [0.25, 0.3) is 0 Å². The lowest BCUT2D eigenvalue weighted by Gasteiger charge is -2.08. The Morgan fingerprint density at radius 1 is 1.25 bits per heavy atom. The number of amides is 1.